The molecule has 0 unspecified atom stereocenters. The number of amides is 1. The van der Waals surface area contributed by atoms with Gasteiger partial charge in [0.15, 0.2) is 5.13 Å². The molecule has 0 saturated carbocycles. The monoisotopic (exact) mass is 324 g/mol. The number of rotatable bonds is 3. The molecule has 2 aromatic carbocycles. The van der Waals surface area contributed by atoms with Crippen LogP contribution in [-0.2, 0) is 11.2 Å². The second-order valence-corrected chi connectivity index (χ2v) is 7.05. The minimum absolute atomic E-state index is 0.0262. The zero-order valence-corrected chi connectivity index (χ0v) is 14.7. The number of hydrogen-bond donors (Lipinski definition) is 1. The van der Waals surface area contributed by atoms with E-state index in [4.69, 9.17) is 0 Å². The van der Waals surface area contributed by atoms with Crippen molar-refractivity contribution >= 4 is 32.6 Å². The Hall–Kier alpha value is -2.20. The summed E-state index contributed by atoms with van der Waals surface area (Å²) < 4.78 is 1.11. The Morgan fingerprint density at radius 1 is 1.04 bits per heavy atom. The molecule has 3 rings (SSSR count). The van der Waals surface area contributed by atoms with Crippen LogP contribution >= 0.6 is 11.3 Å². The molecule has 1 aromatic heterocycles. The molecule has 0 spiro atoms. The summed E-state index contributed by atoms with van der Waals surface area (Å²) >= 11 is 1.52. The van der Waals surface area contributed by atoms with Gasteiger partial charge in [-0.1, -0.05) is 35.6 Å². The minimum Gasteiger partial charge on any atom is -0.302 e. The number of anilines is 1. The molecule has 0 radical (unpaired) electrons. The predicted octanol–water partition coefficient (Wildman–Crippen LogP) is 4.71. The minimum atomic E-state index is -0.0262. The Labute approximate surface area is 140 Å². The average Bonchev–Trinajstić information content (AvgIpc) is 2.90. The van der Waals surface area contributed by atoms with E-state index in [-0.39, 0.29) is 5.91 Å². The maximum atomic E-state index is 12.3. The van der Waals surface area contributed by atoms with Gasteiger partial charge >= 0.3 is 0 Å². The molecule has 3 nitrogen and oxygen atoms in total. The lowest BCUT2D eigenvalue weighted by Gasteiger charge is -2.05. The van der Waals surface area contributed by atoms with Crippen LogP contribution < -0.4 is 5.32 Å². The van der Waals surface area contributed by atoms with Crippen molar-refractivity contribution in [3.05, 3.63) is 58.1 Å². The summed E-state index contributed by atoms with van der Waals surface area (Å²) in [6.07, 6.45) is 0.370. The Morgan fingerprint density at radius 3 is 2.52 bits per heavy atom. The lowest BCUT2D eigenvalue weighted by molar-refractivity contribution is -0.115. The smallest absolute Gasteiger partial charge is 0.230 e. The van der Waals surface area contributed by atoms with Crippen LogP contribution in [0, 0.1) is 27.7 Å². The van der Waals surface area contributed by atoms with Gasteiger partial charge in [-0.15, -0.1) is 0 Å². The third-order valence-electron chi connectivity index (χ3n) is 4.27. The van der Waals surface area contributed by atoms with Crippen LogP contribution in [0.2, 0.25) is 0 Å². The molecule has 0 bridgehead atoms. The van der Waals surface area contributed by atoms with E-state index in [1.54, 1.807) is 0 Å². The zero-order chi connectivity index (χ0) is 16.6. The lowest BCUT2D eigenvalue weighted by Crippen LogP contribution is -2.14. The Bertz CT molecular complexity index is 896. The maximum Gasteiger partial charge on any atom is 0.230 e. The second kappa shape index (κ2) is 6.13. The summed E-state index contributed by atoms with van der Waals surface area (Å²) in [6, 6.07) is 10.3. The van der Waals surface area contributed by atoms with Gasteiger partial charge in [0.1, 0.15) is 0 Å². The van der Waals surface area contributed by atoms with Crippen LogP contribution in [0.4, 0.5) is 5.13 Å². The first-order valence-electron chi connectivity index (χ1n) is 7.67. The van der Waals surface area contributed by atoms with Crippen LogP contribution in [0.15, 0.2) is 30.3 Å². The van der Waals surface area contributed by atoms with Crippen LogP contribution in [0.1, 0.15) is 27.8 Å². The van der Waals surface area contributed by atoms with Crippen LogP contribution in [0.25, 0.3) is 10.2 Å². The van der Waals surface area contributed by atoms with Gasteiger partial charge in [0.05, 0.1) is 16.6 Å². The van der Waals surface area contributed by atoms with E-state index < -0.39 is 0 Å². The molecule has 23 heavy (non-hydrogen) atoms. The fraction of sp³-hybridized carbons (Fsp3) is 0.263. The molecule has 0 fully saturated rings. The molecule has 0 aliphatic carbocycles. The SMILES string of the molecule is Cc1ccc(CC(=O)Nc2nc3c(C)c(C)ccc3s2)cc1C. The fourth-order valence-electron chi connectivity index (χ4n) is 2.54. The number of nitrogens with one attached hydrogen (secondary N) is 1. The van der Waals surface area contributed by atoms with Crippen molar-refractivity contribution < 1.29 is 4.79 Å². The van der Waals surface area contributed by atoms with Crippen molar-refractivity contribution in [2.45, 2.75) is 34.1 Å². The molecule has 1 amide bonds. The van der Waals surface area contributed by atoms with Gasteiger partial charge < -0.3 is 5.32 Å². The number of carbonyl (C=O) groups is 1. The van der Waals surface area contributed by atoms with Gasteiger partial charge in [-0.3, -0.25) is 4.79 Å². The fourth-order valence-corrected chi connectivity index (χ4v) is 3.48. The van der Waals surface area contributed by atoms with E-state index in [1.807, 2.05) is 6.07 Å². The summed E-state index contributed by atoms with van der Waals surface area (Å²) in [5, 5.41) is 3.60. The highest BCUT2D eigenvalue weighted by atomic mass is 32.1. The molecular weight excluding hydrogens is 304 g/mol. The first-order valence-corrected chi connectivity index (χ1v) is 8.48. The van der Waals surface area contributed by atoms with E-state index in [0.29, 0.717) is 11.6 Å². The number of carbonyl (C=O) groups excluding carboxylic acids is 1. The molecule has 118 valence electrons. The summed E-state index contributed by atoms with van der Waals surface area (Å²) in [5.41, 5.74) is 6.85. The molecule has 1 N–H and O–H groups in total. The molecular formula is C19H20N2OS. The quantitative estimate of drug-likeness (QED) is 0.758. The first kappa shape index (κ1) is 15.7. The van der Waals surface area contributed by atoms with Crippen molar-refractivity contribution in [2.24, 2.45) is 0 Å². The van der Waals surface area contributed by atoms with Crippen molar-refractivity contribution in [3.63, 3.8) is 0 Å². The van der Waals surface area contributed by atoms with E-state index >= 15 is 0 Å². The third kappa shape index (κ3) is 3.27. The topological polar surface area (TPSA) is 42.0 Å². The van der Waals surface area contributed by atoms with Gasteiger partial charge in [-0.2, -0.15) is 0 Å². The molecule has 0 aliphatic rings. The zero-order valence-electron chi connectivity index (χ0n) is 13.9. The number of aromatic nitrogens is 1. The number of thiazole rings is 1. The Morgan fingerprint density at radius 2 is 1.78 bits per heavy atom. The third-order valence-corrected chi connectivity index (χ3v) is 5.20. The second-order valence-electron chi connectivity index (χ2n) is 6.02. The lowest BCUT2D eigenvalue weighted by atomic mass is 10.0. The molecule has 0 saturated heterocycles. The number of fused-ring (bicyclic) bond motifs is 1. The summed E-state index contributed by atoms with van der Waals surface area (Å²) in [6.45, 7) is 8.28. The van der Waals surface area contributed by atoms with Crippen molar-refractivity contribution in [3.8, 4) is 0 Å². The van der Waals surface area contributed by atoms with E-state index in [0.717, 1.165) is 15.8 Å². The van der Waals surface area contributed by atoms with Crippen molar-refractivity contribution in [2.75, 3.05) is 5.32 Å². The van der Waals surface area contributed by atoms with E-state index in [2.05, 4.69) is 62.3 Å². The molecule has 1 heterocycles. The predicted molar refractivity (Wildman–Crippen MR) is 97.3 cm³/mol. The molecule has 3 aromatic rings. The first-order chi connectivity index (χ1) is 10.9. The van der Waals surface area contributed by atoms with Gasteiger partial charge in [0.25, 0.3) is 0 Å². The molecule has 4 heteroatoms. The summed E-state index contributed by atoms with van der Waals surface area (Å²) in [7, 11) is 0. The van der Waals surface area contributed by atoms with Crippen molar-refractivity contribution in [1.29, 1.82) is 0 Å². The largest absolute Gasteiger partial charge is 0.302 e. The van der Waals surface area contributed by atoms with E-state index in [9.17, 15) is 4.79 Å². The van der Waals surface area contributed by atoms with Gasteiger partial charge in [0, 0.05) is 0 Å². The number of hydrogen-bond acceptors (Lipinski definition) is 3. The molecule has 0 atom stereocenters. The number of nitrogens with zero attached hydrogens (tertiary/aromatic N) is 1. The highest BCUT2D eigenvalue weighted by molar-refractivity contribution is 7.22. The standard InChI is InChI=1S/C19H20N2OS/c1-11-5-7-15(9-13(11)3)10-17(22)20-19-21-18-14(4)12(2)6-8-16(18)23-19/h5-9H,10H2,1-4H3,(H,20,21,22). The summed E-state index contributed by atoms with van der Waals surface area (Å²) in [5.74, 6) is -0.0262. The van der Waals surface area contributed by atoms with Gasteiger partial charge in [-0.25, -0.2) is 4.98 Å². The Balaban J connectivity index is 1.77. The van der Waals surface area contributed by atoms with Gasteiger partial charge in [-0.05, 0) is 61.6 Å². The normalized spacial score (nSPS) is 11.0. The van der Waals surface area contributed by atoms with Crippen LogP contribution in [0.5, 0.6) is 0 Å². The Kier molecular flexibility index (Phi) is 4.18. The highest BCUT2D eigenvalue weighted by Gasteiger charge is 2.11. The van der Waals surface area contributed by atoms with Crippen molar-refractivity contribution in [1.82, 2.24) is 4.98 Å². The molecule has 0 aliphatic heterocycles. The van der Waals surface area contributed by atoms with Gasteiger partial charge in [0.2, 0.25) is 5.91 Å². The summed E-state index contributed by atoms with van der Waals surface area (Å²) in [4.78, 5) is 16.8. The number of aryl methyl sites for hydroxylation is 4. The van der Waals surface area contributed by atoms with Crippen LogP contribution in [-0.4, -0.2) is 10.9 Å². The maximum absolute atomic E-state index is 12.3. The highest BCUT2D eigenvalue weighted by Crippen LogP contribution is 2.29. The average molecular weight is 324 g/mol. The van der Waals surface area contributed by atoms with Crippen LogP contribution in [0.3, 0.4) is 0 Å². The number of benzene rings is 2. The van der Waals surface area contributed by atoms with E-state index in [1.165, 1.54) is 33.6 Å².